The monoisotopic (exact) mass is 1810 g/mol. The summed E-state index contributed by atoms with van der Waals surface area (Å²) in [4.78, 5) is 0. The molecule has 1 aliphatic heterocycles. The van der Waals surface area contributed by atoms with E-state index in [1.165, 1.54) is 64.2 Å². The molecule has 0 aromatic carbocycles. The van der Waals surface area contributed by atoms with Crippen LogP contribution >= 0.6 is 0 Å². The summed E-state index contributed by atoms with van der Waals surface area (Å²) in [5, 5.41) is 9.39. The van der Waals surface area contributed by atoms with Gasteiger partial charge in [0.15, 0.2) is 0 Å². The normalized spacial score (nSPS) is 14.0. The third-order valence-electron chi connectivity index (χ3n) is 21.5. The van der Waals surface area contributed by atoms with Gasteiger partial charge in [0.2, 0.25) is 0 Å². The molecule has 2 aliphatic carbocycles. The van der Waals surface area contributed by atoms with Crippen LogP contribution in [-0.4, -0.2) is 37.6 Å². The van der Waals surface area contributed by atoms with E-state index in [4.69, 9.17) is 9.47 Å². The first-order chi connectivity index (χ1) is 58.2. The third-order valence-corrected chi connectivity index (χ3v) is 21.5. The van der Waals surface area contributed by atoms with Gasteiger partial charge in [-0.2, -0.15) is 0 Å². The van der Waals surface area contributed by atoms with Gasteiger partial charge in [0, 0.05) is 12.5 Å². The zero-order chi connectivity index (χ0) is 108. The second-order valence-corrected chi connectivity index (χ2v) is 37.9. The van der Waals surface area contributed by atoms with Crippen LogP contribution in [0.4, 0.5) is 0 Å². The van der Waals surface area contributed by atoms with Crippen molar-refractivity contribution in [3.8, 4) is 0 Å². The molecule has 3 aliphatic rings. The Kier molecular flexibility index (Phi) is 225. The van der Waals surface area contributed by atoms with Gasteiger partial charge in [-0.1, -0.05) is 540 Å². The number of ether oxygens (including phenoxy) is 2. The summed E-state index contributed by atoms with van der Waals surface area (Å²) in [6.45, 7) is 170. The standard InChI is InChI=1S/C10H20O.2C10H20.2C10H22.2C9H20O.2C9H20.18C2H6/c1-8(2)5-10(9(3)4)6-11-7-10;1-7(2)9-5-10(6-9)8(3)4;1-8(2)7-10(5-6-10)9(3)4;1-8(2)7-10(5,6)9(3)4;1-7(2)9(5)10(6)8(3)4;1-7(2)6-9(10-5)8(3)4;1-7(2)5-9(10)6-8(3)4;2*1-7(2)6-9(5)8(3)4;18*1-2/h8-9H,5-7H2,1-4H3;7-10H,5-6H2,1-4H3;8-9H,5-7H2,1-4H3;8-9H,7H2,1-6H3;7-10H,1-6H3;7-9H,6H2,1-5H3;7-10H,5-6H2,1-4H3;2*7-9H,6H2,1-5H3;18*1-2H3. The minimum Gasteiger partial charge on any atom is -0.393 e. The molecule has 0 aromatic rings. The molecular formula is C122H292O3. The van der Waals surface area contributed by atoms with E-state index >= 15 is 0 Å². The highest BCUT2D eigenvalue weighted by Crippen LogP contribution is 2.56. The Hall–Kier alpha value is -0.120. The zero-order valence-electron chi connectivity index (χ0n) is 107. The number of aliphatic hydroxyl groups excluding tert-OH is 1. The molecule has 0 bridgehead atoms. The molecule has 3 heteroatoms. The smallest absolute Gasteiger partial charge is 0.0596 e. The first-order valence-electron chi connectivity index (χ1n) is 57.0. The van der Waals surface area contributed by atoms with Crippen LogP contribution in [0.15, 0.2) is 0 Å². The summed E-state index contributed by atoms with van der Waals surface area (Å²) in [7, 11) is 1.80. The van der Waals surface area contributed by atoms with Crippen molar-refractivity contribution in [1.82, 2.24) is 0 Å². The lowest BCUT2D eigenvalue weighted by Gasteiger charge is -2.46. The van der Waals surface area contributed by atoms with E-state index in [9.17, 15) is 5.11 Å². The Morgan fingerprint density at radius 1 is 0.280 bits per heavy atom. The van der Waals surface area contributed by atoms with Crippen molar-refractivity contribution in [3.63, 3.8) is 0 Å². The van der Waals surface area contributed by atoms with Crippen LogP contribution in [0.1, 0.15) is 617 Å². The topological polar surface area (TPSA) is 38.7 Å². The number of hydrogen-bond donors (Lipinski definition) is 1. The Morgan fingerprint density at radius 3 is 0.576 bits per heavy atom. The van der Waals surface area contributed by atoms with Crippen molar-refractivity contribution in [2.24, 2.45) is 158 Å². The Labute approximate surface area is 817 Å². The number of rotatable bonds is 28. The predicted molar refractivity (Wildman–Crippen MR) is 617 cm³/mol. The molecule has 3 nitrogen and oxygen atoms in total. The van der Waals surface area contributed by atoms with Crippen molar-refractivity contribution in [2.75, 3.05) is 20.3 Å². The minimum atomic E-state index is -0.0833. The first kappa shape index (κ1) is 188. The predicted octanol–water partition coefficient (Wildman–Crippen LogP) is 47.0. The fraction of sp³-hybridized carbons (Fsp3) is 1.00. The fourth-order valence-corrected chi connectivity index (χ4v) is 12.5. The van der Waals surface area contributed by atoms with Crippen LogP contribution < -0.4 is 0 Å². The van der Waals surface area contributed by atoms with Crippen LogP contribution in [0.3, 0.4) is 0 Å². The number of hydrogen-bond acceptors (Lipinski definition) is 3. The van der Waals surface area contributed by atoms with Crippen LogP contribution in [0.25, 0.3) is 0 Å². The van der Waals surface area contributed by atoms with E-state index < -0.39 is 0 Å². The van der Waals surface area contributed by atoms with Crippen molar-refractivity contribution >= 4 is 0 Å². The highest BCUT2D eigenvalue weighted by molar-refractivity contribution is 4.95. The largest absolute Gasteiger partial charge is 0.393 e. The summed E-state index contributed by atoms with van der Waals surface area (Å²) in [6, 6.07) is 0. The first-order valence-corrected chi connectivity index (χ1v) is 57.0. The molecule has 125 heavy (non-hydrogen) atoms. The van der Waals surface area contributed by atoms with E-state index in [-0.39, 0.29) is 6.10 Å². The Balaban J connectivity index is -0.0000000398. The lowest BCUT2D eigenvalue weighted by atomic mass is 9.65. The molecular weight excluding hydrogens is 1510 g/mol. The molecule has 1 saturated heterocycles. The zero-order valence-corrected chi connectivity index (χ0v) is 107. The average Bonchev–Trinajstić information content (AvgIpc) is 1.71. The fourth-order valence-electron chi connectivity index (χ4n) is 12.5. The van der Waals surface area contributed by atoms with Gasteiger partial charge < -0.3 is 14.6 Å². The molecule has 2 saturated carbocycles. The van der Waals surface area contributed by atoms with E-state index in [1.807, 2.05) is 249 Å². The molecule has 0 spiro atoms. The summed E-state index contributed by atoms with van der Waals surface area (Å²) < 4.78 is 10.6. The van der Waals surface area contributed by atoms with Crippen molar-refractivity contribution < 1.29 is 14.6 Å². The lowest BCUT2D eigenvalue weighted by molar-refractivity contribution is -0.148. The van der Waals surface area contributed by atoms with E-state index in [1.54, 1.807) is 7.11 Å². The quantitative estimate of drug-likeness (QED) is 0.0848. The molecule has 1 heterocycles. The van der Waals surface area contributed by atoms with Crippen LogP contribution in [0, 0.1) is 158 Å². The number of methoxy groups -OCH3 is 1. The summed E-state index contributed by atoms with van der Waals surface area (Å²) in [5.74, 6) is 20.2. The van der Waals surface area contributed by atoms with Crippen molar-refractivity contribution in [1.29, 1.82) is 0 Å². The lowest BCUT2D eigenvalue weighted by Crippen LogP contribution is -2.47. The summed E-state index contributed by atoms with van der Waals surface area (Å²) in [5.41, 5.74) is 1.82. The van der Waals surface area contributed by atoms with Gasteiger partial charge in [-0.25, -0.2) is 0 Å². The molecule has 3 rings (SSSR count). The van der Waals surface area contributed by atoms with Gasteiger partial charge >= 0.3 is 0 Å². The van der Waals surface area contributed by atoms with Crippen LogP contribution in [0.5, 0.6) is 0 Å². The molecule has 1 N–H and O–H groups in total. The van der Waals surface area contributed by atoms with Gasteiger partial charge in [0.1, 0.15) is 0 Å². The molecule has 5 unspecified atom stereocenters. The van der Waals surface area contributed by atoms with Crippen LogP contribution in [-0.2, 0) is 9.47 Å². The highest BCUT2D eigenvalue weighted by atomic mass is 16.5. The maximum absolute atomic E-state index is 9.39. The minimum absolute atomic E-state index is 0.0833. The molecule has 0 aromatic heterocycles. The SMILES string of the molecule is CC.CC.CC.CC.CC.CC.CC.CC.CC.CC.CC.CC.CC.CC.CC.CC.CC.CC.CC(C)C(C)C(C)C(C)C.CC(C)C1CC(C(C)C)C1.CC(C)CC(C)(C)C(C)C.CC(C)CC(C)C(C)C.CC(C)CC(C)C(C)C.CC(C)CC(O)CC(C)C.CC(C)CC1(C(C)C)CC1.CC(C)CC1(C(C)C)COC1.COC(CC(C)C)C(C)C. The van der Waals surface area contributed by atoms with Gasteiger partial charge in [0.25, 0.3) is 0 Å². The van der Waals surface area contributed by atoms with Gasteiger partial charge in [-0.3, -0.25) is 0 Å². The van der Waals surface area contributed by atoms with E-state index in [0.717, 1.165) is 156 Å². The molecule has 0 radical (unpaired) electrons. The molecule has 5 atom stereocenters. The molecule has 3 fully saturated rings. The third kappa shape index (κ3) is 158. The molecule has 798 valence electrons. The Bertz CT molecular complexity index is 1410. The maximum atomic E-state index is 9.39. The Morgan fingerprint density at radius 2 is 0.496 bits per heavy atom. The van der Waals surface area contributed by atoms with Gasteiger partial charge in [-0.05, 0) is 230 Å². The summed E-state index contributed by atoms with van der Waals surface area (Å²) in [6.07, 6.45) is 16.2. The average molecular weight is 1810 g/mol. The highest BCUT2D eigenvalue weighted by Gasteiger charge is 2.45. The molecule has 0 amide bonds. The second-order valence-electron chi connectivity index (χ2n) is 37.9. The van der Waals surface area contributed by atoms with Gasteiger partial charge in [-0.15, -0.1) is 0 Å². The van der Waals surface area contributed by atoms with Crippen LogP contribution in [0.2, 0.25) is 0 Å². The van der Waals surface area contributed by atoms with E-state index in [2.05, 4.69) is 291 Å². The number of aliphatic hydroxyl groups is 1. The van der Waals surface area contributed by atoms with Gasteiger partial charge in [0.05, 0.1) is 25.4 Å². The van der Waals surface area contributed by atoms with E-state index in [0.29, 0.717) is 34.7 Å². The van der Waals surface area contributed by atoms with Crippen molar-refractivity contribution in [3.05, 3.63) is 0 Å². The second kappa shape index (κ2) is 149. The van der Waals surface area contributed by atoms with Crippen molar-refractivity contribution in [2.45, 2.75) is 629 Å². The summed E-state index contributed by atoms with van der Waals surface area (Å²) >= 11 is 0. The maximum Gasteiger partial charge on any atom is 0.0596 e.